The molecule has 106 valence electrons. The average Bonchev–Trinajstić information content (AvgIpc) is 2.43. The van der Waals surface area contributed by atoms with Crippen LogP contribution >= 0.6 is 0 Å². The number of ether oxygens (including phenoxy) is 1. The van der Waals surface area contributed by atoms with Crippen LogP contribution in [0.3, 0.4) is 0 Å². The van der Waals surface area contributed by atoms with Gasteiger partial charge in [0.25, 0.3) is 0 Å². The average molecular weight is 261 g/mol. The molecule has 3 unspecified atom stereocenters. The summed E-state index contributed by atoms with van der Waals surface area (Å²) in [6.45, 7) is 5.87. The lowest BCUT2D eigenvalue weighted by molar-refractivity contribution is 0.218. The highest BCUT2D eigenvalue weighted by Gasteiger charge is 2.29. The van der Waals surface area contributed by atoms with Crippen LogP contribution in [0.5, 0.6) is 5.75 Å². The minimum Gasteiger partial charge on any atom is -0.494 e. The van der Waals surface area contributed by atoms with Crippen LogP contribution in [0.25, 0.3) is 0 Å². The van der Waals surface area contributed by atoms with E-state index < -0.39 is 0 Å². The van der Waals surface area contributed by atoms with Gasteiger partial charge in [0.2, 0.25) is 0 Å². The Labute approximate surface area is 117 Å². The predicted molar refractivity (Wildman–Crippen MR) is 80.5 cm³/mol. The van der Waals surface area contributed by atoms with Gasteiger partial charge in [-0.2, -0.15) is 0 Å². The van der Waals surface area contributed by atoms with Crippen molar-refractivity contribution in [2.75, 3.05) is 13.2 Å². The molecule has 1 aliphatic carbocycles. The fourth-order valence-corrected chi connectivity index (χ4v) is 3.50. The van der Waals surface area contributed by atoms with Crippen LogP contribution in [0.2, 0.25) is 0 Å². The molecule has 0 spiro atoms. The molecule has 2 heteroatoms. The van der Waals surface area contributed by atoms with E-state index in [2.05, 4.69) is 25.1 Å². The van der Waals surface area contributed by atoms with E-state index in [1.165, 1.54) is 31.2 Å². The molecule has 0 bridgehead atoms. The first kappa shape index (κ1) is 14.4. The van der Waals surface area contributed by atoms with Crippen molar-refractivity contribution >= 4 is 0 Å². The predicted octanol–water partition coefficient (Wildman–Crippen LogP) is 3.95. The van der Waals surface area contributed by atoms with Crippen molar-refractivity contribution in [2.45, 2.75) is 45.4 Å². The number of nitrogens with two attached hydrogens (primary N) is 1. The summed E-state index contributed by atoms with van der Waals surface area (Å²) in [7, 11) is 0. The van der Waals surface area contributed by atoms with Gasteiger partial charge in [0.15, 0.2) is 0 Å². The van der Waals surface area contributed by atoms with Crippen LogP contribution in [0.15, 0.2) is 24.3 Å². The Balaban J connectivity index is 2.18. The molecular formula is C17H27NO. The van der Waals surface area contributed by atoms with Crippen molar-refractivity contribution in [2.24, 2.45) is 17.6 Å². The Bertz CT molecular complexity index is 391. The molecule has 0 radical (unpaired) electrons. The summed E-state index contributed by atoms with van der Waals surface area (Å²) in [5.74, 6) is 2.98. The highest BCUT2D eigenvalue weighted by molar-refractivity contribution is 5.31. The maximum absolute atomic E-state index is 6.08. The van der Waals surface area contributed by atoms with E-state index in [1.54, 1.807) is 0 Å². The van der Waals surface area contributed by atoms with E-state index in [0.717, 1.165) is 30.7 Å². The second kappa shape index (κ2) is 6.95. The van der Waals surface area contributed by atoms with Crippen molar-refractivity contribution in [3.05, 3.63) is 29.8 Å². The highest BCUT2D eigenvalue weighted by atomic mass is 16.5. The molecule has 1 saturated carbocycles. The van der Waals surface area contributed by atoms with E-state index >= 15 is 0 Å². The zero-order chi connectivity index (χ0) is 13.7. The van der Waals surface area contributed by atoms with Crippen molar-refractivity contribution < 1.29 is 4.74 Å². The van der Waals surface area contributed by atoms with Gasteiger partial charge in [-0.1, -0.05) is 38.3 Å². The van der Waals surface area contributed by atoms with Crippen LogP contribution in [0.4, 0.5) is 0 Å². The van der Waals surface area contributed by atoms with Gasteiger partial charge in [-0.25, -0.2) is 0 Å². The zero-order valence-electron chi connectivity index (χ0n) is 12.3. The minimum atomic E-state index is 0.482. The standard InChI is InChI=1S/C17H27NO/c1-3-19-15-9-6-8-14(11-15)17(12-18)16-10-5-4-7-13(16)2/h6,8-9,11,13,16-17H,3-5,7,10,12,18H2,1-2H3. The van der Waals surface area contributed by atoms with Crippen molar-refractivity contribution in [1.29, 1.82) is 0 Å². The molecule has 1 aliphatic rings. The van der Waals surface area contributed by atoms with Crippen LogP contribution in [-0.4, -0.2) is 13.2 Å². The second-order valence-electron chi connectivity index (χ2n) is 5.77. The van der Waals surface area contributed by atoms with Gasteiger partial charge >= 0.3 is 0 Å². The summed E-state index contributed by atoms with van der Waals surface area (Å²) < 4.78 is 5.61. The van der Waals surface area contributed by atoms with Gasteiger partial charge < -0.3 is 10.5 Å². The second-order valence-corrected chi connectivity index (χ2v) is 5.77. The lowest BCUT2D eigenvalue weighted by atomic mass is 9.71. The van der Waals surface area contributed by atoms with Gasteiger partial charge in [0.1, 0.15) is 5.75 Å². The molecule has 0 heterocycles. The highest BCUT2D eigenvalue weighted by Crippen LogP contribution is 2.39. The monoisotopic (exact) mass is 261 g/mol. The summed E-state index contributed by atoms with van der Waals surface area (Å²) in [5.41, 5.74) is 7.43. The molecular weight excluding hydrogens is 234 g/mol. The fourth-order valence-electron chi connectivity index (χ4n) is 3.50. The van der Waals surface area contributed by atoms with Crippen LogP contribution in [0, 0.1) is 11.8 Å². The third-order valence-electron chi connectivity index (χ3n) is 4.55. The van der Waals surface area contributed by atoms with Gasteiger partial charge in [-0.15, -0.1) is 0 Å². The van der Waals surface area contributed by atoms with Crippen molar-refractivity contribution in [3.63, 3.8) is 0 Å². The molecule has 1 fully saturated rings. The Kier molecular flexibility index (Phi) is 5.26. The molecule has 2 rings (SSSR count). The van der Waals surface area contributed by atoms with Crippen molar-refractivity contribution in [3.8, 4) is 5.75 Å². The molecule has 2 nitrogen and oxygen atoms in total. The van der Waals surface area contributed by atoms with Gasteiger partial charge in [-0.3, -0.25) is 0 Å². The molecule has 3 atom stereocenters. The summed E-state index contributed by atoms with van der Waals surface area (Å²) in [6.07, 6.45) is 5.42. The summed E-state index contributed by atoms with van der Waals surface area (Å²) >= 11 is 0. The number of rotatable bonds is 5. The van der Waals surface area contributed by atoms with Crippen LogP contribution in [0.1, 0.15) is 51.0 Å². The minimum absolute atomic E-state index is 0.482. The normalized spacial score (nSPS) is 25.0. The maximum atomic E-state index is 6.08. The molecule has 0 saturated heterocycles. The molecule has 19 heavy (non-hydrogen) atoms. The first-order chi connectivity index (χ1) is 9.26. The van der Waals surface area contributed by atoms with Crippen LogP contribution < -0.4 is 10.5 Å². The first-order valence-corrected chi connectivity index (χ1v) is 7.69. The lowest BCUT2D eigenvalue weighted by Gasteiger charge is -2.35. The largest absolute Gasteiger partial charge is 0.494 e. The first-order valence-electron chi connectivity index (χ1n) is 7.69. The van der Waals surface area contributed by atoms with Crippen molar-refractivity contribution in [1.82, 2.24) is 0 Å². The molecule has 0 aliphatic heterocycles. The number of hydrogen-bond acceptors (Lipinski definition) is 2. The van der Waals surface area contributed by atoms with Gasteiger partial charge in [-0.05, 0) is 55.3 Å². The fraction of sp³-hybridized carbons (Fsp3) is 0.647. The van der Waals surface area contributed by atoms with E-state index in [4.69, 9.17) is 10.5 Å². The maximum Gasteiger partial charge on any atom is 0.119 e. The topological polar surface area (TPSA) is 35.2 Å². The smallest absolute Gasteiger partial charge is 0.119 e. The molecule has 1 aromatic rings. The Hall–Kier alpha value is -1.02. The molecule has 1 aromatic carbocycles. The van der Waals surface area contributed by atoms with E-state index in [9.17, 15) is 0 Å². The van der Waals surface area contributed by atoms with E-state index in [0.29, 0.717) is 5.92 Å². The summed E-state index contributed by atoms with van der Waals surface area (Å²) in [5, 5.41) is 0. The number of benzene rings is 1. The lowest BCUT2D eigenvalue weighted by Crippen LogP contribution is -2.28. The molecule has 0 amide bonds. The Morgan fingerprint density at radius 3 is 2.79 bits per heavy atom. The SMILES string of the molecule is CCOc1cccc(C(CN)C2CCCCC2C)c1. The zero-order valence-corrected chi connectivity index (χ0v) is 12.3. The van der Waals surface area contributed by atoms with E-state index in [-0.39, 0.29) is 0 Å². The molecule has 0 aromatic heterocycles. The summed E-state index contributed by atoms with van der Waals surface area (Å²) in [6, 6.07) is 8.52. The Morgan fingerprint density at radius 1 is 1.32 bits per heavy atom. The number of hydrogen-bond donors (Lipinski definition) is 1. The Morgan fingerprint density at radius 2 is 2.11 bits per heavy atom. The van der Waals surface area contributed by atoms with Gasteiger partial charge in [0, 0.05) is 0 Å². The summed E-state index contributed by atoms with van der Waals surface area (Å²) in [4.78, 5) is 0. The van der Waals surface area contributed by atoms with Crippen LogP contribution in [-0.2, 0) is 0 Å². The third kappa shape index (κ3) is 3.50. The third-order valence-corrected chi connectivity index (χ3v) is 4.55. The quantitative estimate of drug-likeness (QED) is 0.871. The van der Waals surface area contributed by atoms with Gasteiger partial charge in [0.05, 0.1) is 6.61 Å². The molecule has 2 N–H and O–H groups in total. The van der Waals surface area contributed by atoms with E-state index in [1.807, 2.05) is 13.0 Å².